The van der Waals surface area contributed by atoms with E-state index >= 15 is 0 Å². The van der Waals surface area contributed by atoms with E-state index in [0.717, 1.165) is 44.9 Å². The highest BCUT2D eigenvalue weighted by Gasteiger charge is 2.42. The minimum atomic E-state index is -0.223. The van der Waals surface area contributed by atoms with E-state index in [1.165, 1.54) is 6.07 Å². The van der Waals surface area contributed by atoms with E-state index in [2.05, 4.69) is 41.3 Å². The van der Waals surface area contributed by atoms with Crippen molar-refractivity contribution in [3.8, 4) is 0 Å². The Morgan fingerprint density at radius 3 is 2.67 bits per heavy atom. The second-order valence-electron chi connectivity index (χ2n) is 7.02. The second-order valence-corrected chi connectivity index (χ2v) is 7.42. The first kappa shape index (κ1) is 24.4. The molecule has 0 aromatic heterocycles. The number of hydrogen-bond acceptors (Lipinski definition) is 2. The summed E-state index contributed by atoms with van der Waals surface area (Å²) in [4.78, 5) is 6.75. The Kier molecular flexibility index (Phi) is 10.9. The molecule has 0 amide bonds. The topological polar surface area (TPSA) is 39.7 Å². The van der Waals surface area contributed by atoms with Crippen molar-refractivity contribution in [3.63, 3.8) is 0 Å². The van der Waals surface area contributed by atoms with Crippen molar-refractivity contribution < 1.29 is 4.39 Å². The molecule has 1 aromatic rings. The largest absolute Gasteiger partial charge is 0.354 e. The van der Waals surface area contributed by atoms with Gasteiger partial charge in [0.25, 0.3) is 0 Å². The standard InChI is InChI=1S/C20H32ClFN4.HI/c1-5-26(6-2)12-8-9-14(3)24-20(23-4)25-18-13-15(18)19-16(21)10-7-11-17(19)22;/h7,10-11,14-15,18H,5-6,8-9,12-13H2,1-4H3,(H2,23,24,25);1H. The third-order valence-corrected chi connectivity index (χ3v) is 5.43. The molecule has 1 aliphatic carbocycles. The Hall–Kier alpha value is -0.600. The minimum Gasteiger partial charge on any atom is -0.354 e. The molecule has 27 heavy (non-hydrogen) atoms. The molecule has 0 aliphatic heterocycles. The smallest absolute Gasteiger partial charge is 0.191 e. The fourth-order valence-corrected chi connectivity index (χ4v) is 3.65. The summed E-state index contributed by atoms with van der Waals surface area (Å²) in [6.45, 7) is 9.90. The number of benzene rings is 1. The van der Waals surface area contributed by atoms with Crippen LogP contribution in [-0.2, 0) is 0 Å². The van der Waals surface area contributed by atoms with Gasteiger partial charge < -0.3 is 15.5 Å². The third kappa shape index (κ3) is 7.38. The molecule has 2 rings (SSSR count). The van der Waals surface area contributed by atoms with E-state index in [9.17, 15) is 4.39 Å². The molecule has 1 saturated carbocycles. The normalized spacial score (nSPS) is 20.2. The predicted molar refractivity (Wildman–Crippen MR) is 124 cm³/mol. The zero-order valence-electron chi connectivity index (χ0n) is 16.8. The minimum absolute atomic E-state index is 0. The van der Waals surface area contributed by atoms with Crippen LogP contribution in [0.15, 0.2) is 23.2 Å². The van der Waals surface area contributed by atoms with Crippen LogP contribution in [0.2, 0.25) is 5.02 Å². The molecule has 0 heterocycles. The molecule has 154 valence electrons. The highest BCUT2D eigenvalue weighted by atomic mass is 127. The summed E-state index contributed by atoms with van der Waals surface area (Å²) in [7, 11) is 1.77. The van der Waals surface area contributed by atoms with Crippen LogP contribution in [0.3, 0.4) is 0 Å². The molecule has 1 aliphatic rings. The summed E-state index contributed by atoms with van der Waals surface area (Å²) in [5.74, 6) is 0.667. The van der Waals surface area contributed by atoms with Crippen LogP contribution < -0.4 is 10.6 Å². The summed E-state index contributed by atoms with van der Waals surface area (Å²) < 4.78 is 14.0. The van der Waals surface area contributed by atoms with Crippen LogP contribution >= 0.6 is 35.6 Å². The number of nitrogens with zero attached hydrogens (tertiary/aromatic N) is 2. The van der Waals surface area contributed by atoms with Gasteiger partial charge in [0.15, 0.2) is 5.96 Å². The fraction of sp³-hybridized carbons (Fsp3) is 0.650. The third-order valence-electron chi connectivity index (χ3n) is 5.10. The predicted octanol–water partition coefficient (Wildman–Crippen LogP) is 4.63. The van der Waals surface area contributed by atoms with E-state index in [-0.39, 0.29) is 41.8 Å². The summed E-state index contributed by atoms with van der Waals surface area (Å²) in [5.41, 5.74) is 0.620. The molecular formula is C20H33ClFIN4. The summed E-state index contributed by atoms with van der Waals surface area (Å²) >= 11 is 6.17. The van der Waals surface area contributed by atoms with Crippen LogP contribution in [0.1, 0.15) is 51.5 Å². The van der Waals surface area contributed by atoms with Crippen LogP contribution in [0.4, 0.5) is 4.39 Å². The van der Waals surface area contributed by atoms with Gasteiger partial charge in [-0.15, -0.1) is 24.0 Å². The lowest BCUT2D eigenvalue weighted by atomic mass is 10.1. The van der Waals surface area contributed by atoms with Gasteiger partial charge in [-0.1, -0.05) is 31.5 Å². The molecule has 1 aromatic carbocycles. The van der Waals surface area contributed by atoms with Gasteiger partial charge in [0.1, 0.15) is 5.82 Å². The SMILES string of the molecule is CCN(CC)CCCC(C)NC(=NC)NC1CC1c1c(F)cccc1Cl.I. The number of guanidine groups is 1. The first-order valence-corrected chi connectivity index (χ1v) is 10.0. The van der Waals surface area contributed by atoms with Gasteiger partial charge in [0, 0.05) is 35.6 Å². The zero-order valence-corrected chi connectivity index (χ0v) is 19.9. The van der Waals surface area contributed by atoms with Gasteiger partial charge in [-0.2, -0.15) is 0 Å². The lowest BCUT2D eigenvalue weighted by Gasteiger charge is -2.21. The monoisotopic (exact) mass is 510 g/mol. The molecule has 0 saturated heterocycles. The van der Waals surface area contributed by atoms with Crippen molar-refractivity contribution in [2.24, 2.45) is 4.99 Å². The molecule has 7 heteroatoms. The van der Waals surface area contributed by atoms with Gasteiger partial charge in [-0.3, -0.25) is 4.99 Å². The molecule has 0 radical (unpaired) electrons. The molecule has 2 N–H and O–H groups in total. The quantitative estimate of drug-likeness (QED) is 0.289. The average molecular weight is 511 g/mol. The lowest BCUT2D eigenvalue weighted by Crippen LogP contribution is -2.43. The molecule has 4 nitrogen and oxygen atoms in total. The van der Waals surface area contributed by atoms with Crippen LogP contribution in [-0.4, -0.2) is 49.6 Å². The lowest BCUT2D eigenvalue weighted by molar-refractivity contribution is 0.292. The average Bonchev–Trinajstić information content (AvgIpc) is 3.36. The van der Waals surface area contributed by atoms with Crippen molar-refractivity contribution in [1.82, 2.24) is 15.5 Å². The molecule has 1 fully saturated rings. The first-order valence-electron chi connectivity index (χ1n) is 9.66. The Balaban J connectivity index is 0.00000364. The number of halogens is 3. The van der Waals surface area contributed by atoms with E-state index in [4.69, 9.17) is 11.6 Å². The van der Waals surface area contributed by atoms with E-state index in [0.29, 0.717) is 16.6 Å². The maximum absolute atomic E-state index is 14.0. The van der Waals surface area contributed by atoms with Crippen molar-refractivity contribution in [2.75, 3.05) is 26.7 Å². The number of rotatable bonds is 9. The van der Waals surface area contributed by atoms with Crippen molar-refractivity contribution in [1.29, 1.82) is 0 Å². The highest BCUT2D eigenvalue weighted by molar-refractivity contribution is 14.0. The van der Waals surface area contributed by atoms with E-state index in [1.54, 1.807) is 19.2 Å². The number of aliphatic imine (C=N–C) groups is 1. The second kappa shape index (κ2) is 12.1. The number of nitrogens with one attached hydrogen (secondary N) is 2. The van der Waals surface area contributed by atoms with Crippen LogP contribution in [0.25, 0.3) is 0 Å². The van der Waals surface area contributed by atoms with Gasteiger partial charge in [0.2, 0.25) is 0 Å². The Labute approximate surface area is 185 Å². The zero-order chi connectivity index (χ0) is 19.1. The maximum Gasteiger partial charge on any atom is 0.191 e. The van der Waals surface area contributed by atoms with Gasteiger partial charge in [-0.25, -0.2) is 4.39 Å². The van der Waals surface area contributed by atoms with E-state index < -0.39 is 0 Å². The Bertz CT molecular complexity index is 589. The molecule has 0 spiro atoms. The first-order chi connectivity index (χ1) is 12.5. The maximum atomic E-state index is 14.0. The van der Waals surface area contributed by atoms with Gasteiger partial charge in [-0.05, 0) is 58.0 Å². The highest BCUT2D eigenvalue weighted by Crippen LogP contribution is 2.44. The van der Waals surface area contributed by atoms with Crippen molar-refractivity contribution in [2.45, 2.75) is 58.0 Å². The summed E-state index contributed by atoms with van der Waals surface area (Å²) in [5, 5.41) is 7.35. The van der Waals surface area contributed by atoms with Crippen molar-refractivity contribution >= 4 is 41.5 Å². The summed E-state index contributed by atoms with van der Waals surface area (Å²) in [6.07, 6.45) is 3.12. The van der Waals surface area contributed by atoms with Gasteiger partial charge in [0.05, 0.1) is 0 Å². The van der Waals surface area contributed by atoms with Crippen LogP contribution in [0, 0.1) is 5.82 Å². The molecule has 3 unspecified atom stereocenters. The summed E-state index contributed by atoms with van der Waals surface area (Å²) in [6, 6.07) is 5.39. The van der Waals surface area contributed by atoms with Gasteiger partial charge >= 0.3 is 0 Å². The Morgan fingerprint density at radius 2 is 2.07 bits per heavy atom. The molecule has 0 bridgehead atoms. The van der Waals surface area contributed by atoms with Crippen molar-refractivity contribution in [3.05, 3.63) is 34.6 Å². The fourth-order valence-electron chi connectivity index (χ4n) is 3.35. The van der Waals surface area contributed by atoms with Crippen LogP contribution in [0.5, 0.6) is 0 Å². The molecular weight excluding hydrogens is 478 g/mol. The van der Waals surface area contributed by atoms with E-state index in [1.807, 2.05) is 0 Å². The number of hydrogen-bond donors (Lipinski definition) is 2. The Morgan fingerprint density at radius 1 is 1.37 bits per heavy atom. The molecule has 3 atom stereocenters.